The first kappa shape index (κ1) is 16.6. The molecule has 22 heavy (non-hydrogen) atoms. The SMILES string of the molecule is CCOc1cc(C(N)=O)cc(I)c1OCc1ccc(C)cc1. The number of hydrogen-bond acceptors (Lipinski definition) is 3. The molecule has 116 valence electrons. The lowest BCUT2D eigenvalue weighted by Crippen LogP contribution is -2.12. The number of carbonyl (C=O) groups excluding carboxylic acids is 1. The van der Waals surface area contributed by atoms with Crippen LogP contribution in [0.1, 0.15) is 28.4 Å². The molecule has 0 heterocycles. The van der Waals surface area contributed by atoms with Crippen LogP contribution in [0.3, 0.4) is 0 Å². The first-order valence-corrected chi connectivity index (χ1v) is 8.03. The maximum Gasteiger partial charge on any atom is 0.248 e. The molecule has 2 aromatic carbocycles. The van der Waals surface area contributed by atoms with Crippen molar-refractivity contribution in [2.75, 3.05) is 6.61 Å². The van der Waals surface area contributed by atoms with E-state index >= 15 is 0 Å². The quantitative estimate of drug-likeness (QED) is 0.738. The average molecular weight is 411 g/mol. The summed E-state index contributed by atoms with van der Waals surface area (Å²) in [5.74, 6) is 0.687. The molecule has 4 nitrogen and oxygen atoms in total. The summed E-state index contributed by atoms with van der Waals surface area (Å²) in [5, 5.41) is 0. The van der Waals surface area contributed by atoms with E-state index in [2.05, 4.69) is 22.6 Å². The summed E-state index contributed by atoms with van der Waals surface area (Å²) in [6.45, 7) is 4.85. The first-order valence-electron chi connectivity index (χ1n) is 6.95. The molecule has 0 radical (unpaired) electrons. The molecule has 0 saturated heterocycles. The van der Waals surface area contributed by atoms with E-state index in [1.165, 1.54) is 5.56 Å². The van der Waals surface area contributed by atoms with Crippen LogP contribution in [-0.4, -0.2) is 12.5 Å². The highest BCUT2D eigenvalue weighted by molar-refractivity contribution is 14.1. The molecule has 0 aliphatic rings. The highest BCUT2D eigenvalue weighted by Crippen LogP contribution is 2.34. The molecule has 0 aliphatic heterocycles. The third-order valence-electron chi connectivity index (χ3n) is 3.10. The fraction of sp³-hybridized carbons (Fsp3) is 0.235. The summed E-state index contributed by atoms with van der Waals surface area (Å²) in [6.07, 6.45) is 0. The molecule has 0 bridgehead atoms. The summed E-state index contributed by atoms with van der Waals surface area (Å²) < 4.78 is 12.3. The van der Waals surface area contributed by atoms with Crippen molar-refractivity contribution in [1.82, 2.24) is 0 Å². The highest BCUT2D eigenvalue weighted by atomic mass is 127. The van der Waals surface area contributed by atoms with E-state index in [4.69, 9.17) is 15.2 Å². The Hall–Kier alpha value is -1.76. The molecule has 0 atom stereocenters. The van der Waals surface area contributed by atoms with Gasteiger partial charge in [-0.2, -0.15) is 0 Å². The first-order chi connectivity index (χ1) is 10.5. The minimum atomic E-state index is -0.482. The third-order valence-corrected chi connectivity index (χ3v) is 3.90. The molecule has 2 rings (SSSR count). The lowest BCUT2D eigenvalue weighted by atomic mass is 10.1. The Morgan fingerprint density at radius 3 is 2.45 bits per heavy atom. The zero-order chi connectivity index (χ0) is 16.1. The normalized spacial score (nSPS) is 10.3. The van der Waals surface area contributed by atoms with E-state index in [-0.39, 0.29) is 0 Å². The molecule has 2 N–H and O–H groups in total. The number of rotatable bonds is 6. The number of carbonyl (C=O) groups is 1. The Balaban J connectivity index is 2.25. The Bertz CT molecular complexity index is 668. The van der Waals surface area contributed by atoms with Gasteiger partial charge in [-0.15, -0.1) is 0 Å². The van der Waals surface area contributed by atoms with Gasteiger partial charge in [-0.1, -0.05) is 29.8 Å². The average Bonchev–Trinajstić information content (AvgIpc) is 2.48. The van der Waals surface area contributed by atoms with Gasteiger partial charge in [-0.05, 0) is 54.1 Å². The number of amides is 1. The van der Waals surface area contributed by atoms with E-state index in [9.17, 15) is 4.79 Å². The molecule has 2 aromatic rings. The van der Waals surface area contributed by atoms with Crippen LogP contribution in [0.5, 0.6) is 11.5 Å². The van der Waals surface area contributed by atoms with Crippen LogP contribution in [0.25, 0.3) is 0 Å². The van der Waals surface area contributed by atoms with Gasteiger partial charge in [0, 0.05) is 5.56 Å². The summed E-state index contributed by atoms with van der Waals surface area (Å²) in [7, 11) is 0. The standard InChI is InChI=1S/C17H18INO3/c1-3-21-15-9-13(17(19)20)8-14(18)16(15)22-10-12-6-4-11(2)5-7-12/h4-9H,3,10H2,1-2H3,(H2,19,20). The van der Waals surface area contributed by atoms with E-state index in [0.717, 1.165) is 9.13 Å². The van der Waals surface area contributed by atoms with E-state index in [1.54, 1.807) is 12.1 Å². The zero-order valence-corrected chi connectivity index (χ0v) is 14.7. The maximum atomic E-state index is 11.4. The maximum absolute atomic E-state index is 11.4. The van der Waals surface area contributed by atoms with Gasteiger partial charge in [0.05, 0.1) is 10.2 Å². The van der Waals surface area contributed by atoms with Gasteiger partial charge in [0.2, 0.25) is 5.91 Å². The number of ether oxygens (including phenoxy) is 2. The van der Waals surface area contributed by atoms with Crippen molar-refractivity contribution >= 4 is 28.5 Å². The van der Waals surface area contributed by atoms with Crippen LogP contribution in [0.15, 0.2) is 36.4 Å². The fourth-order valence-electron chi connectivity index (χ4n) is 1.95. The largest absolute Gasteiger partial charge is 0.490 e. The van der Waals surface area contributed by atoms with Crippen molar-refractivity contribution in [2.45, 2.75) is 20.5 Å². The number of hydrogen-bond donors (Lipinski definition) is 1. The molecule has 0 saturated carbocycles. The number of nitrogens with two attached hydrogens (primary N) is 1. The van der Waals surface area contributed by atoms with Crippen molar-refractivity contribution in [3.63, 3.8) is 0 Å². The molecule has 0 fully saturated rings. The van der Waals surface area contributed by atoms with Crippen LogP contribution >= 0.6 is 22.6 Å². The number of primary amides is 1. The molecular weight excluding hydrogens is 393 g/mol. The fourth-order valence-corrected chi connectivity index (χ4v) is 2.71. The second-order valence-corrected chi connectivity index (χ2v) is 6.02. The Kier molecular flexibility index (Phi) is 5.65. The third kappa shape index (κ3) is 4.13. The van der Waals surface area contributed by atoms with Crippen molar-refractivity contribution in [3.8, 4) is 11.5 Å². The topological polar surface area (TPSA) is 61.5 Å². The number of aryl methyl sites for hydroxylation is 1. The molecule has 5 heteroatoms. The minimum absolute atomic E-state index is 0.413. The Morgan fingerprint density at radius 2 is 1.86 bits per heavy atom. The summed E-state index contributed by atoms with van der Waals surface area (Å²) in [6, 6.07) is 11.5. The van der Waals surface area contributed by atoms with Crippen molar-refractivity contribution in [1.29, 1.82) is 0 Å². The van der Waals surface area contributed by atoms with E-state index < -0.39 is 5.91 Å². The molecule has 0 aromatic heterocycles. The van der Waals surface area contributed by atoms with Gasteiger partial charge in [0.25, 0.3) is 0 Å². The second-order valence-electron chi connectivity index (χ2n) is 4.86. The van der Waals surface area contributed by atoms with Crippen LogP contribution in [0, 0.1) is 10.5 Å². The Morgan fingerprint density at radius 1 is 1.18 bits per heavy atom. The predicted octanol–water partition coefficient (Wildman–Crippen LogP) is 3.68. The molecular formula is C17H18INO3. The van der Waals surface area contributed by atoms with Crippen LogP contribution in [0.4, 0.5) is 0 Å². The molecule has 1 amide bonds. The smallest absolute Gasteiger partial charge is 0.248 e. The molecule has 0 spiro atoms. The molecule has 0 unspecified atom stereocenters. The number of benzene rings is 2. The lowest BCUT2D eigenvalue weighted by Gasteiger charge is -2.15. The number of halogens is 1. The monoisotopic (exact) mass is 411 g/mol. The summed E-state index contributed by atoms with van der Waals surface area (Å²) in [5.41, 5.74) is 8.03. The van der Waals surface area contributed by atoms with E-state index in [0.29, 0.717) is 30.3 Å². The summed E-state index contributed by atoms with van der Waals surface area (Å²) in [4.78, 5) is 11.4. The highest BCUT2D eigenvalue weighted by Gasteiger charge is 2.14. The van der Waals surface area contributed by atoms with Gasteiger partial charge in [-0.3, -0.25) is 4.79 Å². The molecule has 0 aliphatic carbocycles. The minimum Gasteiger partial charge on any atom is -0.490 e. The Labute approximate surface area is 143 Å². The van der Waals surface area contributed by atoms with Gasteiger partial charge in [0.15, 0.2) is 11.5 Å². The van der Waals surface area contributed by atoms with Gasteiger partial charge in [0.1, 0.15) is 6.61 Å². The van der Waals surface area contributed by atoms with Crippen LogP contribution in [0.2, 0.25) is 0 Å². The van der Waals surface area contributed by atoms with Crippen molar-refractivity contribution in [2.24, 2.45) is 5.73 Å². The van der Waals surface area contributed by atoms with Gasteiger partial charge in [-0.25, -0.2) is 0 Å². The van der Waals surface area contributed by atoms with Crippen LogP contribution in [-0.2, 0) is 6.61 Å². The predicted molar refractivity (Wildman–Crippen MR) is 94.4 cm³/mol. The van der Waals surface area contributed by atoms with Crippen LogP contribution < -0.4 is 15.2 Å². The second kappa shape index (κ2) is 7.49. The van der Waals surface area contributed by atoms with E-state index in [1.807, 2.05) is 38.1 Å². The van der Waals surface area contributed by atoms with Crippen molar-refractivity contribution < 1.29 is 14.3 Å². The zero-order valence-electron chi connectivity index (χ0n) is 12.6. The van der Waals surface area contributed by atoms with Gasteiger partial charge < -0.3 is 15.2 Å². The van der Waals surface area contributed by atoms with Crippen molar-refractivity contribution in [3.05, 3.63) is 56.7 Å². The lowest BCUT2D eigenvalue weighted by molar-refractivity contribution is 0.0999. The van der Waals surface area contributed by atoms with Gasteiger partial charge >= 0.3 is 0 Å². The summed E-state index contributed by atoms with van der Waals surface area (Å²) >= 11 is 2.12.